The molecule has 1 nitrogen and oxygen atoms in total. The highest BCUT2D eigenvalue weighted by atomic mass is 28.3. The molecular formula is C16H18OSi. The SMILES string of the molecule is C[Si](C)(c1ccccc1)[C@H]1O[C@@H]1c1ccccc1. The maximum atomic E-state index is 5.98. The zero-order valence-electron chi connectivity index (χ0n) is 10.8. The van der Waals surface area contributed by atoms with E-state index in [4.69, 9.17) is 4.74 Å². The Bertz CT molecular complexity index is 521. The van der Waals surface area contributed by atoms with Gasteiger partial charge in [-0.25, -0.2) is 0 Å². The van der Waals surface area contributed by atoms with E-state index in [1.54, 1.807) is 0 Å². The Hall–Kier alpha value is -1.38. The molecule has 1 aliphatic rings. The molecule has 2 aromatic rings. The van der Waals surface area contributed by atoms with Crippen molar-refractivity contribution in [1.29, 1.82) is 0 Å². The van der Waals surface area contributed by atoms with E-state index in [0.29, 0.717) is 11.8 Å². The van der Waals surface area contributed by atoms with E-state index in [0.717, 1.165) is 0 Å². The van der Waals surface area contributed by atoms with Crippen molar-refractivity contribution in [3.63, 3.8) is 0 Å². The van der Waals surface area contributed by atoms with E-state index in [1.807, 2.05) is 0 Å². The summed E-state index contributed by atoms with van der Waals surface area (Å²) in [6.07, 6.45) is 0.313. The number of hydrogen-bond donors (Lipinski definition) is 0. The maximum Gasteiger partial charge on any atom is 0.117 e. The largest absolute Gasteiger partial charge is 0.368 e. The van der Waals surface area contributed by atoms with Crippen LogP contribution >= 0.6 is 0 Å². The van der Waals surface area contributed by atoms with E-state index >= 15 is 0 Å². The normalized spacial score (nSPS) is 22.8. The van der Waals surface area contributed by atoms with Crippen molar-refractivity contribution in [3.05, 3.63) is 66.2 Å². The lowest BCUT2D eigenvalue weighted by atomic mass is 10.2. The average Bonchev–Trinajstić information content (AvgIpc) is 3.22. The molecular weight excluding hydrogens is 236 g/mol. The van der Waals surface area contributed by atoms with Crippen LogP contribution in [0.1, 0.15) is 11.7 Å². The fourth-order valence-corrected chi connectivity index (χ4v) is 5.41. The molecule has 0 aromatic heterocycles. The minimum atomic E-state index is -1.51. The summed E-state index contributed by atoms with van der Waals surface area (Å²) in [5, 5.41) is 1.48. The summed E-state index contributed by atoms with van der Waals surface area (Å²) in [6, 6.07) is 21.4. The topological polar surface area (TPSA) is 12.5 Å². The van der Waals surface area contributed by atoms with Gasteiger partial charge in [-0.05, 0) is 5.56 Å². The van der Waals surface area contributed by atoms with Crippen LogP contribution in [-0.4, -0.2) is 13.8 Å². The molecule has 0 bridgehead atoms. The molecule has 2 heteroatoms. The van der Waals surface area contributed by atoms with Crippen molar-refractivity contribution < 1.29 is 4.74 Å². The molecule has 3 rings (SSSR count). The quantitative estimate of drug-likeness (QED) is 0.605. The third-order valence-electron chi connectivity index (χ3n) is 3.85. The third kappa shape index (κ3) is 2.02. The van der Waals surface area contributed by atoms with Gasteiger partial charge in [-0.15, -0.1) is 0 Å². The zero-order valence-corrected chi connectivity index (χ0v) is 11.8. The number of ether oxygens (including phenoxy) is 1. The lowest BCUT2D eigenvalue weighted by Crippen LogP contribution is -2.47. The van der Waals surface area contributed by atoms with Gasteiger partial charge in [0.15, 0.2) is 0 Å². The number of epoxide rings is 1. The summed E-state index contributed by atoms with van der Waals surface area (Å²) >= 11 is 0. The highest BCUT2D eigenvalue weighted by Crippen LogP contribution is 2.43. The third-order valence-corrected chi connectivity index (χ3v) is 7.53. The summed E-state index contributed by atoms with van der Waals surface area (Å²) in [4.78, 5) is 0. The van der Waals surface area contributed by atoms with Gasteiger partial charge in [0.25, 0.3) is 0 Å². The fraction of sp³-hybridized carbons (Fsp3) is 0.250. The Balaban J connectivity index is 1.82. The summed E-state index contributed by atoms with van der Waals surface area (Å²) < 4.78 is 5.98. The predicted molar refractivity (Wildman–Crippen MR) is 77.6 cm³/mol. The Morgan fingerprint density at radius 1 is 0.833 bits per heavy atom. The van der Waals surface area contributed by atoms with E-state index in [1.165, 1.54) is 10.8 Å². The van der Waals surface area contributed by atoms with Gasteiger partial charge < -0.3 is 4.74 Å². The molecule has 1 heterocycles. The highest BCUT2D eigenvalue weighted by molar-refractivity contribution is 6.91. The van der Waals surface area contributed by atoms with Gasteiger partial charge >= 0.3 is 0 Å². The summed E-state index contributed by atoms with van der Waals surface area (Å²) in [5.41, 5.74) is 1.74. The van der Waals surface area contributed by atoms with Crippen LogP contribution in [-0.2, 0) is 4.74 Å². The first-order chi connectivity index (χ1) is 8.69. The molecule has 0 aliphatic carbocycles. The zero-order chi connectivity index (χ0) is 12.6. The summed E-state index contributed by atoms with van der Waals surface area (Å²) in [7, 11) is -1.51. The van der Waals surface area contributed by atoms with Crippen molar-refractivity contribution in [2.24, 2.45) is 0 Å². The van der Waals surface area contributed by atoms with E-state index in [-0.39, 0.29) is 0 Å². The molecule has 1 saturated heterocycles. The first-order valence-corrected chi connectivity index (χ1v) is 9.53. The molecule has 0 saturated carbocycles. The molecule has 2 aromatic carbocycles. The lowest BCUT2D eigenvalue weighted by molar-refractivity contribution is 0.401. The van der Waals surface area contributed by atoms with Crippen LogP contribution in [0.2, 0.25) is 13.1 Å². The number of rotatable bonds is 3. The van der Waals surface area contributed by atoms with E-state index in [9.17, 15) is 0 Å². The van der Waals surface area contributed by atoms with Gasteiger partial charge in [0.2, 0.25) is 0 Å². The molecule has 1 aliphatic heterocycles. The Morgan fingerprint density at radius 3 is 2.00 bits per heavy atom. The Morgan fingerprint density at radius 2 is 1.39 bits per heavy atom. The van der Waals surface area contributed by atoms with Crippen LogP contribution in [0.3, 0.4) is 0 Å². The van der Waals surface area contributed by atoms with Crippen molar-refractivity contribution in [1.82, 2.24) is 0 Å². The second-order valence-electron chi connectivity index (χ2n) is 5.48. The summed E-state index contributed by atoms with van der Waals surface area (Å²) in [5.74, 6) is 0. The van der Waals surface area contributed by atoms with Crippen molar-refractivity contribution in [3.8, 4) is 0 Å². The van der Waals surface area contributed by atoms with Crippen molar-refractivity contribution in [2.75, 3.05) is 0 Å². The Kier molecular flexibility index (Phi) is 2.84. The second-order valence-corrected chi connectivity index (χ2v) is 10.1. The fourth-order valence-electron chi connectivity index (χ4n) is 2.59. The van der Waals surface area contributed by atoms with Crippen LogP contribution in [0, 0.1) is 0 Å². The predicted octanol–water partition coefficient (Wildman–Crippen LogP) is 3.28. The molecule has 2 atom stereocenters. The van der Waals surface area contributed by atoms with E-state index in [2.05, 4.69) is 73.8 Å². The molecule has 0 spiro atoms. The van der Waals surface area contributed by atoms with Gasteiger partial charge in [-0.1, -0.05) is 78.9 Å². The summed E-state index contributed by atoms with van der Waals surface area (Å²) in [6.45, 7) is 4.80. The molecule has 0 amide bonds. The van der Waals surface area contributed by atoms with Crippen LogP contribution in [0.5, 0.6) is 0 Å². The lowest BCUT2D eigenvalue weighted by Gasteiger charge is -2.20. The molecule has 0 radical (unpaired) electrons. The van der Waals surface area contributed by atoms with Gasteiger partial charge in [0, 0.05) is 0 Å². The molecule has 0 unspecified atom stereocenters. The standard InChI is InChI=1S/C16H18OSi/c1-18(2,14-11-7-4-8-12-14)16-15(17-16)13-9-5-3-6-10-13/h3-12,15-16H,1-2H3/t15-,16-/m1/s1. The first-order valence-electron chi connectivity index (χ1n) is 6.45. The monoisotopic (exact) mass is 254 g/mol. The Labute approximate surface area is 109 Å². The van der Waals surface area contributed by atoms with Crippen LogP contribution in [0.4, 0.5) is 0 Å². The van der Waals surface area contributed by atoms with Crippen LogP contribution in [0.15, 0.2) is 60.7 Å². The highest BCUT2D eigenvalue weighted by Gasteiger charge is 2.52. The molecule has 18 heavy (non-hydrogen) atoms. The van der Waals surface area contributed by atoms with Gasteiger partial charge in [-0.3, -0.25) is 0 Å². The van der Waals surface area contributed by atoms with Crippen molar-refractivity contribution >= 4 is 13.3 Å². The molecule has 0 N–H and O–H groups in total. The van der Waals surface area contributed by atoms with Gasteiger partial charge in [-0.2, -0.15) is 0 Å². The smallest absolute Gasteiger partial charge is 0.117 e. The average molecular weight is 254 g/mol. The number of benzene rings is 2. The van der Waals surface area contributed by atoms with Crippen molar-refractivity contribution in [2.45, 2.75) is 24.9 Å². The second kappa shape index (κ2) is 4.37. The molecule has 92 valence electrons. The van der Waals surface area contributed by atoms with Crippen LogP contribution in [0.25, 0.3) is 0 Å². The van der Waals surface area contributed by atoms with Gasteiger partial charge in [0.1, 0.15) is 14.2 Å². The number of hydrogen-bond acceptors (Lipinski definition) is 1. The first kappa shape index (κ1) is 11.7. The maximum absolute atomic E-state index is 5.98. The van der Waals surface area contributed by atoms with E-state index < -0.39 is 8.07 Å². The minimum absolute atomic E-state index is 0.313. The van der Waals surface area contributed by atoms with Crippen LogP contribution < -0.4 is 5.19 Å². The minimum Gasteiger partial charge on any atom is -0.368 e. The molecule has 1 fully saturated rings. The van der Waals surface area contributed by atoms with Gasteiger partial charge in [0.05, 0.1) is 5.73 Å².